The van der Waals surface area contributed by atoms with E-state index >= 15 is 0 Å². The van der Waals surface area contributed by atoms with Gasteiger partial charge in [0.05, 0.1) is 23.2 Å². The summed E-state index contributed by atoms with van der Waals surface area (Å²) < 4.78 is 25.5. The summed E-state index contributed by atoms with van der Waals surface area (Å²) in [5.41, 5.74) is 1.49. The molecule has 110 valence electrons. The monoisotopic (exact) mass is 298 g/mol. The van der Waals surface area contributed by atoms with Crippen LogP contribution in [-0.4, -0.2) is 48.2 Å². The number of fused-ring (bicyclic) bond motifs is 3. The van der Waals surface area contributed by atoms with Crippen LogP contribution in [0.3, 0.4) is 0 Å². The molecule has 0 aliphatic carbocycles. The van der Waals surface area contributed by atoms with E-state index in [9.17, 15) is 13.2 Å². The van der Waals surface area contributed by atoms with Crippen LogP contribution in [0.25, 0.3) is 0 Å². The molecule has 7 nitrogen and oxygen atoms in total. The Hall–Kier alpha value is -1.57. The minimum Gasteiger partial charge on any atom is -0.350 e. The molecule has 2 aliphatic heterocycles. The molecule has 3 heterocycles. The Morgan fingerprint density at radius 3 is 2.90 bits per heavy atom. The zero-order valence-electron chi connectivity index (χ0n) is 11.6. The Morgan fingerprint density at radius 2 is 2.20 bits per heavy atom. The van der Waals surface area contributed by atoms with Crippen molar-refractivity contribution in [2.45, 2.75) is 32.9 Å². The maximum atomic E-state index is 12.0. The smallest absolute Gasteiger partial charge is 0.226 e. The van der Waals surface area contributed by atoms with Crippen LogP contribution in [0.15, 0.2) is 0 Å². The van der Waals surface area contributed by atoms with E-state index in [0.29, 0.717) is 13.1 Å². The summed E-state index contributed by atoms with van der Waals surface area (Å²) in [6.45, 7) is 4.93. The van der Waals surface area contributed by atoms with E-state index in [1.165, 1.54) is 0 Å². The van der Waals surface area contributed by atoms with Crippen molar-refractivity contribution in [3.63, 3.8) is 0 Å². The minimum absolute atomic E-state index is 0.0355. The summed E-state index contributed by atoms with van der Waals surface area (Å²) in [6.07, 6.45) is 0.205. The van der Waals surface area contributed by atoms with E-state index in [4.69, 9.17) is 0 Å². The quantitative estimate of drug-likeness (QED) is 0.798. The predicted octanol–water partition coefficient (Wildman–Crippen LogP) is 0.157. The summed E-state index contributed by atoms with van der Waals surface area (Å²) in [5.74, 6) is 0.865. The van der Waals surface area contributed by atoms with Crippen molar-refractivity contribution in [3.8, 4) is 0 Å². The highest BCUT2D eigenvalue weighted by molar-refractivity contribution is 7.91. The lowest BCUT2D eigenvalue weighted by atomic mass is 10.2. The lowest BCUT2D eigenvalue weighted by molar-refractivity contribution is -0.116. The number of carbonyl (C=O) groups is 1. The summed E-state index contributed by atoms with van der Waals surface area (Å²) in [4.78, 5) is 14.0. The van der Waals surface area contributed by atoms with Gasteiger partial charge in [0, 0.05) is 19.5 Å². The van der Waals surface area contributed by atoms with E-state index in [1.807, 2.05) is 23.4 Å². The van der Waals surface area contributed by atoms with E-state index in [1.54, 1.807) is 0 Å². The maximum Gasteiger partial charge on any atom is 0.226 e. The highest BCUT2D eigenvalue weighted by Crippen LogP contribution is 2.35. The highest BCUT2D eigenvalue weighted by Gasteiger charge is 2.38. The molecular formula is C12H18N4O3S. The van der Waals surface area contributed by atoms with Gasteiger partial charge >= 0.3 is 0 Å². The summed E-state index contributed by atoms with van der Waals surface area (Å²) in [5, 5.41) is 7.30. The number of hydrogen-bond donors (Lipinski definition) is 1. The fourth-order valence-electron chi connectivity index (χ4n) is 2.97. The van der Waals surface area contributed by atoms with Crippen LogP contribution in [0.1, 0.15) is 19.0 Å². The number of amides is 1. The molecule has 1 saturated heterocycles. The van der Waals surface area contributed by atoms with Crippen LogP contribution in [0.2, 0.25) is 0 Å². The second-order valence-electron chi connectivity index (χ2n) is 5.31. The molecule has 1 fully saturated rings. The van der Waals surface area contributed by atoms with Crippen molar-refractivity contribution in [2.75, 3.05) is 28.3 Å². The first-order valence-corrected chi connectivity index (χ1v) is 8.57. The lowest BCUT2D eigenvalue weighted by Gasteiger charge is -2.35. The molecule has 3 rings (SSSR count). The number of rotatable bonds is 1. The van der Waals surface area contributed by atoms with E-state index in [0.717, 1.165) is 17.2 Å². The van der Waals surface area contributed by atoms with Crippen molar-refractivity contribution in [1.29, 1.82) is 0 Å². The topological polar surface area (TPSA) is 84.3 Å². The Bertz CT molecular complexity index is 664. The molecule has 0 aromatic carbocycles. The number of nitrogens with one attached hydrogen (secondary N) is 1. The van der Waals surface area contributed by atoms with Crippen LogP contribution < -0.4 is 10.2 Å². The molecular weight excluding hydrogens is 280 g/mol. The second-order valence-corrected chi connectivity index (χ2v) is 7.54. The van der Waals surface area contributed by atoms with E-state index < -0.39 is 9.84 Å². The lowest BCUT2D eigenvalue weighted by Crippen LogP contribution is -2.49. The average molecular weight is 298 g/mol. The number of nitrogens with zero attached hydrogens (tertiary/aromatic N) is 3. The van der Waals surface area contributed by atoms with Gasteiger partial charge < -0.3 is 10.2 Å². The summed E-state index contributed by atoms with van der Waals surface area (Å²) >= 11 is 0. The molecule has 0 bridgehead atoms. The van der Waals surface area contributed by atoms with Gasteiger partial charge in [-0.2, -0.15) is 5.10 Å². The summed E-state index contributed by atoms with van der Waals surface area (Å²) in [6, 6.07) is -0.295. The molecule has 1 amide bonds. The van der Waals surface area contributed by atoms with E-state index in [-0.39, 0.29) is 29.9 Å². The van der Waals surface area contributed by atoms with Crippen LogP contribution in [0.4, 0.5) is 11.5 Å². The van der Waals surface area contributed by atoms with Crippen molar-refractivity contribution in [3.05, 3.63) is 5.69 Å². The first kappa shape index (κ1) is 13.4. The maximum absolute atomic E-state index is 12.0. The molecule has 1 N–H and O–H groups in total. The molecule has 1 aromatic heterocycles. The second kappa shape index (κ2) is 4.47. The third-order valence-corrected chi connectivity index (χ3v) is 5.59. The third-order valence-electron chi connectivity index (χ3n) is 3.89. The molecule has 0 radical (unpaired) electrons. The number of hydrogen-bond acceptors (Lipinski definition) is 5. The van der Waals surface area contributed by atoms with Crippen LogP contribution in [0, 0.1) is 6.92 Å². The van der Waals surface area contributed by atoms with Gasteiger partial charge in [-0.3, -0.25) is 4.79 Å². The fourth-order valence-corrected chi connectivity index (χ4v) is 4.49. The van der Waals surface area contributed by atoms with Crippen molar-refractivity contribution in [2.24, 2.45) is 0 Å². The first-order valence-electron chi connectivity index (χ1n) is 6.75. The van der Waals surface area contributed by atoms with Gasteiger partial charge in [-0.15, -0.1) is 0 Å². The average Bonchev–Trinajstić information content (AvgIpc) is 2.58. The Balaban J connectivity index is 2.11. The van der Waals surface area contributed by atoms with Gasteiger partial charge in [0.25, 0.3) is 0 Å². The van der Waals surface area contributed by atoms with E-state index in [2.05, 4.69) is 10.4 Å². The number of aryl methyl sites for hydroxylation is 2. The largest absolute Gasteiger partial charge is 0.350 e. The Labute approximate surface area is 117 Å². The van der Waals surface area contributed by atoms with Crippen LogP contribution in [0.5, 0.6) is 0 Å². The Morgan fingerprint density at radius 1 is 1.45 bits per heavy atom. The molecule has 2 aliphatic rings. The fraction of sp³-hybridized carbons (Fsp3) is 0.667. The zero-order valence-corrected chi connectivity index (χ0v) is 12.4. The van der Waals surface area contributed by atoms with Crippen molar-refractivity contribution in [1.82, 2.24) is 9.78 Å². The number of aromatic nitrogens is 2. The molecule has 8 heteroatoms. The zero-order chi connectivity index (χ0) is 14.5. The number of anilines is 2. The summed E-state index contributed by atoms with van der Waals surface area (Å²) in [7, 11) is -3.06. The number of carbonyl (C=O) groups excluding carboxylic acids is 1. The first-order chi connectivity index (χ1) is 9.41. The highest BCUT2D eigenvalue weighted by atomic mass is 32.2. The normalized spacial score (nSPS) is 24.6. The van der Waals surface area contributed by atoms with Crippen LogP contribution in [-0.2, 0) is 21.2 Å². The molecule has 20 heavy (non-hydrogen) atoms. The van der Waals surface area contributed by atoms with Crippen LogP contribution >= 0.6 is 0 Å². The van der Waals surface area contributed by atoms with Gasteiger partial charge in [0.2, 0.25) is 5.91 Å². The minimum atomic E-state index is -3.06. The Kier molecular flexibility index (Phi) is 3.00. The number of sulfone groups is 1. The molecule has 1 unspecified atom stereocenters. The van der Waals surface area contributed by atoms with Crippen molar-refractivity contribution < 1.29 is 13.2 Å². The van der Waals surface area contributed by atoms with Gasteiger partial charge in [0.1, 0.15) is 5.69 Å². The van der Waals surface area contributed by atoms with Gasteiger partial charge in [0.15, 0.2) is 15.7 Å². The van der Waals surface area contributed by atoms with Gasteiger partial charge in [-0.05, 0) is 13.8 Å². The molecule has 0 spiro atoms. The molecule has 1 atom stereocenters. The van der Waals surface area contributed by atoms with Gasteiger partial charge in [-0.1, -0.05) is 0 Å². The molecule has 0 saturated carbocycles. The predicted molar refractivity (Wildman–Crippen MR) is 75.7 cm³/mol. The molecule has 1 aromatic rings. The van der Waals surface area contributed by atoms with Gasteiger partial charge in [-0.25, -0.2) is 13.1 Å². The third kappa shape index (κ3) is 2.07. The van der Waals surface area contributed by atoms with Crippen molar-refractivity contribution >= 4 is 27.2 Å². The SMILES string of the molecule is CCn1nc(C)c2c1N1CCS(=O)(=O)CC1CC(=O)N2. The standard InChI is InChI=1S/C12H18N4O3S/c1-3-16-12-11(8(2)14-16)13-10(17)6-9-7-20(18,19)5-4-15(9)12/h9H,3-7H2,1-2H3,(H,13,17).